The van der Waals surface area contributed by atoms with Gasteiger partial charge in [0.05, 0.1) is 7.11 Å². The summed E-state index contributed by atoms with van der Waals surface area (Å²) in [6, 6.07) is 4.70. The highest BCUT2D eigenvalue weighted by Gasteiger charge is 2.04. The Bertz CT molecular complexity index is 329. The van der Waals surface area contributed by atoms with Crippen LogP contribution < -0.4 is 15.8 Å². The van der Waals surface area contributed by atoms with Gasteiger partial charge in [-0.1, -0.05) is 0 Å². The van der Waals surface area contributed by atoms with E-state index in [9.17, 15) is 4.39 Å². The molecule has 90 valence electrons. The van der Waals surface area contributed by atoms with E-state index in [1.165, 1.54) is 12.1 Å². The molecule has 1 aromatic carbocycles. The highest BCUT2D eigenvalue weighted by Crippen LogP contribution is 2.18. The lowest BCUT2D eigenvalue weighted by molar-refractivity contribution is 0.406. The summed E-state index contributed by atoms with van der Waals surface area (Å²) in [7, 11) is 1.58. The van der Waals surface area contributed by atoms with Crippen LogP contribution in [0.2, 0.25) is 0 Å². The Labute approximate surface area is 95.8 Å². The van der Waals surface area contributed by atoms with Crippen molar-refractivity contribution in [2.45, 2.75) is 25.9 Å². The number of ether oxygens (including phenoxy) is 1. The van der Waals surface area contributed by atoms with Crippen LogP contribution in [0, 0.1) is 5.82 Å². The Morgan fingerprint density at radius 1 is 1.50 bits per heavy atom. The molecule has 1 unspecified atom stereocenters. The zero-order chi connectivity index (χ0) is 12.0. The molecule has 1 atom stereocenters. The van der Waals surface area contributed by atoms with Gasteiger partial charge in [-0.25, -0.2) is 4.39 Å². The Kier molecular flexibility index (Phi) is 5.22. The van der Waals surface area contributed by atoms with Crippen LogP contribution in [0.1, 0.15) is 18.9 Å². The van der Waals surface area contributed by atoms with Gasteiger partial charge in [-0.3, -0.25) is 0 Å². The van der Waals surface area contributed by atoms with E-state index in [2.05, 4.69) is 5.32 Å². The predicted molar refractivity (Wildman–Crippen MR) is 62.9 cm³/mol. The standard InChI is InChI=1S/C12H19FN2O/c1-9(14)5-6-15-8-10-7-11(13)3-4-12(10)16-2/h3-4,7,9,15H,5-6,8,14H2,1-2H3. The van der Waals surface area contributed by atoms with Crippen molar-refractivity contribution in [1.82, 2.24) is 5.32 Å². The van der Waals surface area contributed by atoms with Crippen molar-refractivity contribution in [3.05, 3.63) is 29.6 Å². The van der Waals surface area contributed by atoms with E-state index in [-0.39, 0.29) is 11.9 Å². The summed E-state index contributed by atoms with van der Waals surface area (Å²) in [6.45, 7) is 3.37. The van der Waals surface area contributed by atoms with Crippen molar-refractivity contribution in [2.24, 2.45) is 5.73 Å². The fourth-order valence-electron chi connectivity index (χ4n) is 1.44. The van der Waals surface area contributed by atoms with Crippen LogP contribution in [-0.4, -0.2) is 19.7 Å². The van der Waals surface area contributed by atoms with Gasteiger partial charge in [-0.05, 0) is 38.1 Å². The number of halogens is 1. The van der Waals surface area contributed by atoms with Gasteiger partial charge in [-0.2, -0.15) is 0 Å². The van der Waals surface area contributed by atoms with E-state index in [4.69, 9.17) is 10.5 Å². The maximum Gasteiger partial charge on any atom is 0.123 e. The highest BCUT2D eigenvalue weighted by atomic mass is 19.1. The lowest BCUT2D eigenvalue weighted by Gasteiger charge is -2.10. The van der Waals surface area contributed by atoms with Crippen LogP contribution >= 0.6 is 0 Å². The van der Waals surface area contributed by atoms with Gasteiger partial charge in [0.2, 0.25) is 0 Å². The average Bonchev–Trinajstić information content (AvgIpc) is 2.24. The number of nitrogens with two attached hydrogens (primary N) is 1. The molecule has 0 amide bonds. The van der Waals surface area contributed by atoms with Gasteiger partial charge < -0.3 is 15.8 Å². The van der Waals surface area contributed by atoms with Crippen molar-refractivity contribution < 1.29 is 9.13 Å². The lowest BCUT2D eigenvalue weighted by Crippen LogP contribution is -2.23. The molecule has 0 radical (unpaired) electrons. The first kappa shape index (κ1) is 12.9. The van der Waals surface area contributed by atoms with Crippen LogP contribution in [0.15, 0.2) is 18.2 Å². The van der Waals surface area contributed by atoms with Crippen LogP contribution in [0.5, 0.6) is 5.75 Å². The number of hydrogen-bond donors (Lipinski definition) is 2. The lowest BCUT2D eigenvalue weighted by atomic mass is 10.2. The van der Waals surface area contributed by atoms with Crippen molar-refractivity contribution in [2.75, 3.05) is 13.7 Å². The summed E-state index contributed by atoms with van der Waals surface area (Å²) in [6.07, 6.45) is 0.900. The van der Waals surface area contributed by atoms with E-state index in [0.29, 0.717) is 12.3 Å². The van der Waals surface area contributed by atoms with Crippen molar-refractivity contribution in [3.63, 3.8) is 0 Å². The summed E-state index contributed by atoms with van der Waals surface area (Å²) in [5, 5.41) is 3.21. The maximum absolute atomic E-state index is 13.0. The molecule has 0 spiro atoms. The fourth-order valence-corrected chi connectivity index (χ4v) is 1.44. The van der Waals surface area contributed by atoms with Crippen LogP contribution in [0.3, 0.4) is 0 Å². The Morgan fingerprint density at radius 3 is 2.88 bits per heavy atom. The molecule has 3 N–H and O–H groups in total. The molecule has 0 heterocycles. The second-order valence-corrected chi connectivity index (χ2v) is 3.90. The van der Waals surface area contributed by atoms with Gasteiger partial charge in [0.15, 0.2) is 0 Å². The molecule has 3 nitrogen and oxygen atoms in total. The van der Waals surface area contributed by atoms with Crippen LogP contribution in [0.25, 0.3) is 0 Å². The second-order valence-electron chi connectivity index (χ2n) is 3.90. The molecule has 0 bridgehead atoms. The largest absolute Gasteiger partial charge is 0.496 e. The number of nitrogens with one attached hydrogen (secondary N) is 1. The second kappa shape index (κ2) is 6.45. The smallest absolute Gasteiger partial charge is 0.123 e. The summed E-state index contributed by atoms with van der Waals surface area (Å²) >= 11 is 0. The molecule has 16 heavy (non-hydrogen) atoms. The van der Waals surface area contributed by atoms with Crippen molar-refractivity contribution in [1.29, 1.82) is 0 Å². The minimum Gasteiger partial charge on any atom is -0.496 e. The van der Waals surface area contributed by atoms with Crippen molar-refractivity contribution >= 4 is 0 Å². The third kappa shape index (κ3) is 4.16. The van der Waals surface area contributed by atoms with Crippen LogP contribution in [-0.2, 0) is 6.54 Å². The molecule has 0 fully saturated rings. The highest BCUT2D eigenvalue weighted by molar-refractivity contribution is 5.33. The molecule has 0 saturated carbocycles. The summed E-state index contributed by atoms with van der Waals surface area (Å²) in [5.74, 6) is 0.458. The van der Waals surface area contributed by atoms with E-state index in [0.717, 1.165) is 18.5 Å². The van der Waals surface area contributed by atoms with Gasteiger partial charge >= 0.3 is 0 Å². The van der Waals surface area contributed by atoms with Gasteiger partial charge in [-0.15, -0.1) is 0 Å². The minimum absolute atomic E-state index is 0.182. The third-order valence-corrected chi connectivity index (χ3v) is 2.33. The molecule has 0 aliphatic heterocycles. The molecule has 0 aromatic heterocycles. The van der Waals surface area contributed by atoms with E-state index < -0.39 is 0 Å². The fraction of sp³-hybridized carbons (Fsp3) is 0.500. The summed E-state index contributed by atoms with van der Waals surface area (Å²) < 4.78 is 18.2. The van der Waals surface area contributed by atoms with Gasteiger partial charge in [0.1, 0.15) is 11.6 Å². The molecule has 0 saturated heterocycles. The van der Waals surface area contributed by atoms with E-state index in [1.54, 1.807) is 13.2 Å². The predicted octanol–water partition coefficient (Wildman–Crippen LogP) is 1.66. The Hall–Kier alpha value is -1.13. The molecule has 1 rings (SSSR count). The first-order valence-corrected chi connectivity index (χ1v) is 5.42. The molecular weight excluding hydrogens is 207 g/mol. The quantitative estimate of drug-likeness (QED) is 0.725. The average molecular weight is 226 g/mol. The maximum atomic E-state index is 13.0. The Balaban J connectivity index is 2.48. The van der Waals surface area contributed by atoms with Crippen molar-refractivity contribution in [3.8, 4) is 5.75 Å². The third-order valence-electron chi connectivity index (χ3n) is 2.33. The molecule has 1 aromatic rings. The topological polar surface area (TPSA) is 47.3 Å². The molecule has 4 heteroatoms. The number of benzene rings is 1. The Morgan fingerprint density at radius 2 is 2.25 bits per heavy atom. The van der Waals surface area contributed by atoms with E-state index in [1.807, 2.05) is 6.92 Å². The first-order chi connectivity index (χ1) is 7.63. The number of rotatable bonds is 6. The van der Waals surface area contributed by atoms with Gasteiger partial charge in [0.25, 0.3) is 0 Å². The SMILES string of the molecule is COc1ccc(F)cc1CNCCC(C)N. The zero-order valence-corrected chi connectivity index (χ0v) is 9.79. The zero-order valence-electron chi connectivity index (χ0n) is 9.79. The monoisotopic (exact) mass is 226 g/mol. The summed E-state index contributed by atoms with van der Waals surface area (Å²) in [4.78, 5) is 0. The van der Waals surface area contributed by atoms with Crippen LogP contribution in [0.4, 0.5) is 4.39 Å². The molecule has 0 aliphatic rings. The molecule has 0 aliphatic carbocycles. The number of hydrogen-bond acceptors (Lipinski definition) is 3. The molecular formula is C12H19FN2O. The summed E-state index contributed by atoms with van der Waals surface area (Å²) in [5.41, 5.74) is 6.45. The first-order valence-electron chi connectivity index (χ1n) is 5.42. The van der Waals surface area contributed by atoms with Gasteiger partial charge in [0, 0.05) is 18.2 Å². The van der Waals surface area contributed by atoms with E-state index >= 15 is 0 Å². The normalized spacial score (nSPS) is 12.5. The number of methoxy groups -OCH3 is 1. The minimum atomic E-state index is -0.246.